The van der Waals surface area contributed by atoms with Crippen LogP contribution in [-0.2, 0) is 6.42 Å². The molecule has 0 saturated heterocycles. The maximum absolute atomic E-state index is 5.86. The molecule has 3 aromatic rings. The first-order valence-electron chi connectivity index (χ1n) is 5.71. The number of imidazole rings is 1. The molecule has 19 heavy (non-hydrogen) atoms. The van der Waals surface area contributed by atoms with Crippen molar-refractivity contribution in [3.05, 3.63) is 24.5 Å². The quantitative estimate of drug-likeness (QED) is 0.695. The van der Waals surface area contributed by atoms with Gasteiger partial charge in [-0.2, -0.15) is 0 Å². The van der Waals surface area contributed by atoms with Crippen LogP contribution in [-0.4, -0.2) is 29.9 Å². The van der Waals surface area contributed by atoms with Crippen molar-refractivity contribution in [1.82, 2.24) is 29.9 Å². The highest BCUT2D eigenvalue weighted by atomic mass is 32.2. The lowest BCUT2D eigenvalue weighted by atomic mass is 10.2. The molecule has 0 aliphatic carbocycles. The molecule has 3 N–H and O–H groups in total. The van der Waals surface area contributed by atoms with E-state index in [0.29, 0.717) is 11.5 Å². The fourth-order valence-corrected chi connectivity index (χ4v) is 2.75. The molecule has 8 heteroatoms. The second kappa shape index (κ2) is 4.81. The molecule has 0 aliphatic heterocycles. The van der Waals surface area contributed by atoms with Gasteiger partial charge in [0.25, 0.3) is 0 Å². The second-order valence-electron chi connectivity index (χ2n) is 3.78. The maximum atomic E-state index is 5.86. The number of nitrogens with two attached hydrogens (primary N) is 1. The van der Waals surface area contributed by atoms with Gasteiger partial charge in [-0.3, -0.25) is 0 Å². The van der Waals surface area contributed by atoms with E-state index < -0.39 is 0 Å². The molecule has 7 nitrogen and oxygen atoms in total. The first-order valence-corrected chi connectivity index (χ1v) is 6.52. The topological polar surface area (TPSA) is 106 Å². The number of aromatic amines is 1. The van der Waals surface area contributed by atoms with Gasteiger partial charge < -0.3 is 10.7 Å². The smallest absolute Gasteiger partial charge is 0.181 e. The van der Waals surface area contributed by atoms with E-state index in [4.69, 9.17) is 5.73 Å². The summed E-state index contributed by atoms with van der Waals surface area (Å²) in [6, 6.07) is 0. The van der Waals surface area contributed by atoms with Crippen molar-refractivity contribution in [3.8, 4) is 0 Å². The Bertz CT molecular complexity index is 724. The van der Waals surface area contributed by atoms with Crippen molar-refractivity contribution in [1.29, 1.82) is 0 Å². The van der Waals surface area contributed by atoms with Crippen LogP contribution in [0.4, 0.5) is 5.82 Å². The predicted octanol–water partition coefficient (Wildman–Crippen LogP) is 1.44. The number of fused-ring (bicyclic) bond motifs is 1. The lowest BCUT2D eigenvalue weighted by Crippen LogP contribution is -2.01. The van der Waals surface area contributed by atoms with Gasteiger partial charge in [0, 0.05) is 5.56 Å². The third-order valence-electron chi connectivity index (χ3n) is 2.67. The van der Waals surface area contributed by atoms with Gasteiger partial charge in [-0.15, -0.1) is 0 Å². The summed E-state index contributed by atoms with van der Waals surface area (Å²) < 4.78 is 0. The number of nitrogens with one attached hydrogen (secondary N) is 1. The molecule has 3 rings (SSSR count). The van der Waals surface area contributed by atoms with Crippen molar-refractivity contribution in [3.63, 3.8) is 0 Å². The molecular weight excluding hydrogens is 262 g/mol. The van der Waals surface area contributed by atoms with Gasteiger partial charge in [-0.25, -0.2) is 24.9 Å². The van der Waals surface area contributed by atoms with E-state index in [1.54, 1.807) is 6.33 Å². The molecule has 0 spiro atoms. The molecule has 96 valence electrons. The molecule has 3 aromatic heterocycles. The predicted molar refractivity (Wildman–Crippen MR) is 71.6 cm³/mol. The Kier molecular flexibility index (Phi) is 3.00. The first kappa shape index (κ1) is 11.8. The standard InChI is InChI=1S/C11H11N7S/c1-2-6-8(12)14-4-17-10(6)19-11-7-9(15-3-13-7)16-5-18-11/h3-5H,2H2,1H3,(H2,12,14,17)(H,13,15,16,18). The molecule has 3 heterocycles. The zero-order chi connectivity index (χ0) is 13.2. The van der Waals surface area contributed by atoms with Crippen LogP contribution < -0.4 is 5.73 Å². The van der Waals surface area contributed by atoms with Crippen LogP contribution in [0.15, 0.2) is 29.0 Å². The van der Waals surface area contributed by atoms with Gasteiger partial charge >= 0.3 is 0 Å². The summed E-state index contributed by atoms with van der Waals surface area (Å²) in [4.78, 5) is 23.7. The van der Waals surface area contributed by atoms with Crippen molar-refractivity contribution in [2.75, 3.05) is 5.73 Å². The zero-order valence-electron chi connectivity index (χ0n) is 10.2. The number of nitrogens with zero attached hydrogens (tertiary/aromatic N) is 5. The Hall–Kier alpha value is -2.22. The number of H-pyrrole nitrogens is 1. The number of hydrogen-bond acceptors (Lipinski definition) is 7. The highest BCUT2D eigenvalue weighted by Crippen LogP contribution is 2.31. The zero-order valence-corrected chi connectivity index (χ0v) is 11.0. The number of nitrogen functional groups attached to an aromatic ring is 1. The molecule has 0 aromatic carbocycles. The summed E-state index contributed by atoms with van der Waals surface area (Å²) in [6.45, 7) is 2.02. The van der Waals surface area contributed by atoms with Crippen LogP contribution in [0.3, 0.4) is 0 Å². The maximum Gasteiger partial charge on any atom is 0.181 e. The van der Waals surface area contributed by atoms with E-state index in [-0.39, 0.29) is 0 Å². The monoisotopic (exact) mass is 273 g/mol. The van der Waals surface area contributed by atoms with Gasteiger partial charge in [0.05, 0.1) is 6.33 Å². The van der Waals surface area contributed by atoms with Crippen LogP contribution in [0.2, 0.25) is 0 Å². The fraction of sp³-hybridized carbons (Fsp3) is 0.182. The van der Waals surface area contributed by atoms with Gasteiger partial charge in [0.2, 0.25) is 0 Å². The summed E-state index contributed by atoms with van der Waals surface area (Å²) in [5.41, 5.74) is 8.22. The minimum Gasteiger partial charge on any atom is -0.383 e. The lowest BCUT2D eigenvalue weighted by Gasteiger charge is -2.07. The average molecular weight is 273 g/mol. The summed E-state index contributed by atoms with van der Waals surface area (Å²) in [6.07, 6.45) is 5.31. The molecule has 0 amide bonds. The fourth-order valence-electron chi connectivity index (χ4n) is 1.74. The van der Waals surface area contributed by atoms with Gasteiger partial charge in [0.15, 0.2) is 5.65 Å². The SMILES string of the molecule is CCc1c(N)ncnc1Sc1ncnc2nc[nH]c12. The van der Waals surface area contributed by atoms with Crippen molar-refractivity contribution >= 4 is 28.7 Å². The molecule has 0 bridgehead atoms. The van der Waals surface area contributed by atoms with E-state index in [2.05, 4.69) is 29.9 Å². The highest BCUT2D eigenvalue weighted by molar-refractivity contribution is 7.99. The van der Waals surface area contributed by atoms with Crippen LogP contribution in [0.25, 0.3) is 11.2 Å². The van der Waals surface area contributed by atoms with Crippen LogP contribution in [0.1, 0.15) is 12.5 Å². The molecule has 0 unspecified atom stereocenters. The Labute approximate surface area is 113 Å². The number of aromatic nitrogens is 6. The van der Waals surface area contributed by atoms with Crippen molar-refractivity contribution < 1.29 is 0 Å². The van der Waals surface area contributed by atoms with Crippen LogP contribution >= 0.6 is 11.8 Å². The number of hydrogen-bond donors (Lipinski definition) is 2. The summed E-state index contributed by atoms with van der Waals surface area (Å²) in [5.74, 6) is 0.509. The van der Waals surface area contributed by atoms with Gasteiger partial charge in [-0.05, 0) is 18.2 Å². The number of rotatable bonds is 3. The van der Waals surface area contributed by atoms with Gasteiger partial charge in [0.1, 0.15) is 34.0 Å². The van der Waals surface area contributed by atoms with Crippen LogP contribution in [0.5, 0.6) is 0 Å². The Balaban J connectivity index is 2.06. The molecule has 0 atom stereocenters. The minimum absolute atomic E-state index is 0.509. The molecule has 0 fully saturated rings. The lowest BCUT2D eigenvalue weighted by molar-refractivity contribution is 0.949. The van der Waals surface area contributed by atoms with Crippen LogP contribution in [0, 0.1) is 0 Å². The largest absolute Gasteiger partial charge is 0.383 e. The van der Waals surface area contributed by atoms with Crippen molar-refractivity contribution in [2.24, 2.45) is 0 Å². The molecule has 0 radical (unpaired) electrons. The van der Waals surface area contributed by atoms with E-state index in [1.807, 2.05) is 6.92 Å². The summed E-state index contributed by atoms with van der Waals surface area (Å²) in [7, 11) is 0. The third kappa shape index (κ3) is 2.10. The highest BCUT2D eigenvalue weighted by Gasteiger charge is 2.13. The normalized spacial score (nSPS) is 11.0. The summed E-state index contributed by atoms with van der Waals surface area (Å²) in [5, 5.41) is 1.58. The number of anilines is 1. The Morgan fingerprint density at radius 1 is 1.11 bits per heavy atom. The van der Waals surface area contributed by atoms with Crippen molar-refractivity contribution in [2.45, 2.75) is 23.4 Å². The Morgan fingerprint density at radius 3 is 2.74 bits per heavy atom. The third-order valence-corrected chi connectivity index (χ3v) is 3.72. The van der Waals surface area contributed by atoms with E-state index >= 15 is 0 Å². The molecular formula is C11H11N7S. The van der Waals surface area contributed by atoms with E-state index in [9.17, 15) is 0 Å². The van der Waals surface area contributed by atoms with E-state index in [1.165, 1.54) is 24.4 Å². The Morgan fingerprint density at radius 2 is 1.89 bits per heavy atom. The average Bonchev–Trinajstić information content (AvgIpc) is 2.88. The van der Waals surface area contributed by atoms with E-state index in [0.717, 1.165) is 27.6 Å². The first-order chi connectivity index (χ1) is 9.29. The summed E-state index contributed by atoms with van der Waals surface area (Å²) >= 11 is 1.43. The minimum atomic E-state index is 0.509. The molecule has 0 aliphatic rings. The van der Waals surface area contributed by atoms with Gasteiger partial charge in [-0.1, -0.05) is 6.92 Å². The molecule has 0 saturated carbocycles. The second-order valence-corrected chi connectivity index (χ2v) is 4.76.